The zero-order valence-corrected chi connectivity index (χ0v) is 12.4. The van der Waals surface area contributed by atoms with Gasteiger partial charge < -0.3 is 10.1 Å². The van der Waals surface area contributed by atoms with Crippen LogP contribution in [0.25, 0.3) is 10.8 Å². The highest BCUT2D eigenvalue weighted by Gasteiger charge is 2.14. The lowest BCUT2D eigenvalue weighted by atomic mass is 10.1. The molecule has 0 aliphatic heterocycles. The van der Waals surface area contributed by atoms with E-state index in [0.29, 0.717) is 0 Å². The van der Waals surface area contributed by atoms with E-state index in [1.807, 2.05) is 42.5 Å². The molecule has 120 valence electrons. The van der Waals surface area contributed by atoms with Crippen molar-refractivity contribution in [3.8, 4) is 0 Å². The third-order valence-corrected chi connectivity index (χ3v) is 3.21. The molecule has 2 aromatic carbocycles. The van der Waals surface area contributed by atoms with Crippen molar-refractivity contribution in [2.75, 3.05) is 0 Å². The molecule has 1 aromatic heterocycles. The van der Waals surface area contributed by atoms with E-state index in [1.165, 1.54) is 0 Å². The number of hydrogen-bond donors (Lipinski definition) is 1. The Balaban J connectivity index is 1.64. The van der Waals surface area contributed by atoms with Gasteiger partial charge in [-0.25, -0.2) is 5.43 Å². The molecule has 24 heavy (non-hydrogen) atoms. The predicted molar refractivity (Wildman–Crippen MR) is 86.4 cm³/mol. The number of hydrazone groups is 1. The van der Waals surface area contributed by atoms with E-state index in [1.54, 1.807) is 6.21 Å². The van der Waals surface area contributed by atoms with Gasteiger partial charge in [-0.1, -0.05) is 47.4 Å². The fourth-order valence-electron chi connectivity index (χ4n) is 2.16. The minimum atomic E-state index is -0.729. The second-order valence-electron chi connectivity index (χ2n) is 4.86. The van der Waals surface area contributed by atoms with Crippen LogP contribution in [0.3, 0.4) is 0 Å². The van der Waals surface area contributed by atoms with Gasteiger partial charge in [0, 0.05) is 10.7 Å². The SMILES string of the molecule is O=C(Cn1cnc([N+](=O)[O-])n1)N/N=C\c1cccc2ccccc12. The van der Waals surface area contributed by atoms with Gasteiger partial charge in [0.25, 0.3) is 5.91 Å². The average Bonchev–Trinajstić information content (AvgIpc) is 3.04. The van der Waals surface area contributed by atoms with Crippen LogP contribution in [-0.2, 0) is 11.3 Å². The Bertz CT molecular complexity index is 928. The van der Waals surface area contributed by atoms with Gasteiger partial charge in [-0.3, -0.25) is 4.79 Å². The lowest BCUT2D eigenvalue weighted by Gasteiger charge is -2.01. The van der Waals surface area contributed by atoms with Gasteiger partial charge in [-0.2, -0.15) is 9.78 Å². The molecule has 0 spiro atoms. The number of hydrogen-bond acceptors (Lipinski definition) is 6. The molecule has 0 bridgehead atoms. The van der Waals surface area contributed by atoms with Gasteiger partial charge >= 0.3 is 5.95 Å². The Labute approximate surface area is 135 Å². The van der Waals surface area contributed by atoms with Crippen molar-refractivity contribution in [1.29, 1.82) is 0 Å². The molecule has 0 saturated heterocycles. The lowest BCUT2D eigenvalue weighted by molar-refractivity contribution is -0.394. The van der Waals surface area contributed by atoms with Crippen molar-refractivity contribution >= 4 is 28.8 Å². The second kappa shape index (κ2) is 6.65. The van der Waals surface area contributed by atoms with Crippen LogP contribution in [0, 0.1) is 10.1 Å². The maximum Gasteiger partial charge on any atom is 0.490 e. The molecule has 0 radical (unpaired) electrons. The third kappa shape index (κ3) is 3.40. The summed E-state index contributed by atoms with van der Waals surface area (Å²) >= 11 is 0. The van der Waals surface area contributed by atoms with E-state index in [9.17, 15) is 14.9 Å². The number of nitro groups is 1. The van der Waals surface area contributed by atoms with Crippen LogP contribution in [0.4, 0.5) is 5.95 Å². The minimum Gasteiger partial charge on any atom is -0.390 e. The Morgan fingerprint density at radius 1 is 1.29 bits per heavy atom. The molecule has 9 nitrogen and oxygen atoms in total. The van der Waals surface area contributed by atoms with Crippen molar-refractivity contribution in [3.63, 3.8) is 0 Å². The minimum absolute atomic E-state index is 0.215. The first-order valence-corrected chi connectivity index (χ1v) is 6.97. The highest BCUT2D eigenvalue weighted by molar-refractivity contribution is 5.99. The van der Waals surface area contributed by atoms with Gasteiger partial charge in [-0.05, 0) is 15.7 Å². The van der Waals surface area contributed by atoms with E-state index in [2.05, 4.69) is 20.6 Å². The number of carbonyl (C=O) groups excluding carboxylic acids is 1. The van der Waals surface area contributed by atoms with Crippen molar-refractivity contribution in [2.45, 2.75) is 6.54 Å². The fraction of sp³-hybridized carbons (Fsp3) is 0.0667. The number of amides is 1. The Morgan fingerprint density at radius 3 is 2.88 bits per heavy atom. The van der Waals surface area contributed by atoms with Crippen LogP contribution in [0.2, 0.25) is 0 Å². The number of nitrogens with one attached hydrogen (secondary N) is 1. The Kier molecular flexibility index (Phi) is 4.23. The highest BCUT2D eigenvalue weighted by atomic mass is 16.6. The van der Waals surface area contributed by atoms with E-state index < -0.39 is 16.8 Å². The molecule has 0 saturated carbocycles. The summed E-state index contributed by atoms with van der Waals surface area (Å²) in [5, 5.41) is 20.0. The number of rotatable bonds is 5. The molecule has 3 aromatic rings. The normalized spacial score (nSPS) is 11.0. The number of nitrogens with zero attached hydrogens (tertiary/aromatic N) is 5. The Morgan fingerprint density at radius 2 is 2.08 bits per heavy atom. The third-order valence-electron chi connectivity index (χ3n) is 3.21. The summed E-state index contributed by atoms with van der Waals surface area (Å²) in [4.78, 5) is 25.0. The highest BCUT2D eigenvalue weighted by Crippen LogP contribution is 2.16. The first-order chi connectivity index (χ1) is 11.6. The Hall–Kier alpha value is -3.62. The molecule has 3 rings (SSSR count). The van der Waals surface area contributed by atoms with Crippen LogP contribution >= 0.6 is 0 Å². The van der Waals surface area contributed by atoms with Crippen molar-refractivity contribution in [3.05, 3.63) is 64.5 Å². The van der Waals surface area contributed by atoms with E-state index in [4.69, 9.17) is 0 Å². The first-order valence-electron chi connectivity index (χ1n) is 6.97. The molecule has 9 heteroatoms. The zero-order valence-electron chi connectivity index (χ0n) is 12.4. The van der Waals surface area contributed by atoms with Crippen molar-refractivity contribution < 1.29 is 9.72 Å². The van der Waals surface area contributed by atoms with Gasteiger partial charge in [0.15, 0.2) is 0 Å². The number of fused-ring (bicyclic) bond motifs is 1. The molecule has 1 amide bonds. The molecular weight excluding hydrogens is 312 g/mol. The summed E-state index contributed by atoms with van der Waals surface area (Å²) in [6.45, 7) is -0.215. The van der Waals surface area contributed by atoms with Crippen LogP contribution in [0.15, 0.2) is 53.9 Å². The van der Waals surface area contributed by atoms with Gasteiger partial charge in [0.1, 0.15) is 6.54 Å². The topological polar surface area (TPSA) is 115 Å². The summed E-state index contributed by atoms with van der Waals surface area (Å²) in [6.07, 6.45) is 2.66. The van der Waals surface area contributed by atoms with Crippen LogP contribution in [-0.4, -0.2) is 31.8 Å². The predicted octanol–water partition coefficient (Wildman–Crippen LogP) is 1.49. The molecule has 0 aliphatic carbocycles. The van der Waals surface area contributed by atoms with Gasteiger partial charge in [0.2, 0.25) is 6.33 Å². The number of aromatic nitrogens is 3. The van der Waals surface area contributed by atoms with Crippen LogP contribution in [0.1, 0.15) is 5.56 Å². The van der Waals surface area contributed by atoms with Crippen molar-refractivity contribution in [2.24, 2.45) is 5.10 Å². The van der Waals surface area contributed by atoms with E-state index >= 15 is 0 Å². The molecule has 0 fully saturated rings. The molecule has 0 unspecified atom stereocenters. The second-order valence-corrected chi connectivity index (χ2v) is 4.86. The first kappa shape index (κ1) is 15.3. The summed E-state index contributed by atoms with van der Waals surface area (Å²) in [5.41, 5.74) is 3.22. The smallest absolute Gasteiger partial charge is 0.390 e. The molecular formula is C15H12N6O3. The summed E-state index contributed by atoms with van der Waals surface area (Å²) < 4.78 is 1.07. The standard InChI is InChI=1S/C15H12N6O3/c22-14(9-20-10-16-15(19-20)21(23)24)18-17-8-12-6-3-5-11-4-1-2-7-13(11)12/h1-8,10H,9H2,(H,18,22)/b17-8-. The summed E-state index contributed by atoms with van der Waals surface area (Å²) in [6, 6.07) is 13.6. The summed E-state index contributed by atoms with van der Waals surface area (Å²) in [7, 11) is 0. The van der Waals surface area contributed by atoms with E-state index in [0.717, 1.165) is 27.3 Å². The zero-order chi connectivity index (χ0) is 16.9. The van der Waals surface area contributed by atoms with Gasteiger partial charge in [0.05, 0.1) is 6.21 Å². The summed E-state index contributed by atoms with van der Waals surface area (Å²) in [5.74, 6) is -1.02. The fourth-order valence-corrected chi connectivity index (χ4v) is 2.16. The van der Waals surface area contributed by atoms with Crippen LogP contribution in [0.5, 0.6) is 0 Å². The molecule has 1 N–H and O–H groups in total. The maximum absolute atomic E-state index is 11.8. The average molecular weight is 324 g/mol. The molecule has 0 aliphatic rings. The van der Waals surface area contributed by atoms with Gasteiger partial charge in [-0.15, -0.1) is 0 Å². The number of carbonyl (C=O) groups is 1. The molecule has 1 heterocycles. The quantitative estimate of drug-likeness (QED) is 0.434. The molecule has 0 atom stereocenters. The lowest BCUT2D eigenvalue weighted by Crippen LogP contribution is -2.23. The van der Waals surface area contributed by atoms with Crippen molar-refractivity contribution in [1.82, 2.24) is 20.2 Å². The van der Waals surface area contributed by atoms with Crippen LogP contribution < -0.4 is 5.43 Å². The maximum atomic E-state index is 11.8. The van der Waals surface area contributed by atoms with E-state index in [-0.39, 0.29) is 6.54 Å². The number of benzene rings is 2. The monoisotopic (exact) mass is 324 g/mol. The largest absolute Gasteiger partial charge is 0.490 e.